The van der Waals surface area contributed by atoms with Crippen LogP contribution in [0.2, 0.25) is 0 Å². The largest absolute Gasteiger partial charge is 0.497 e. The number of carbonyl (C=O) groups excluding carboxylic acids is 2. The summed E-state index contributed by atoms with van der Waals surface area (Å²) in [7, 11) is 3.21. The van der Waals surface area contributed by atoms with Gasteiger partial charge in [0, 0.05) is 35.9 Å². The molecular weight excluding hydrogens is 667 g/mol. The zero-order valence-electron chi connectivity index (χ0n) is 29.6. The molecule has 7 nitrogen and oxygen atoms in total. The van der Waals surface area contributed by atoms with E-state index in [4.69, 9.17) is 9.47 Å². The van der Waals surface area contributed by atoms with E-state index < -0.39 is 16.8 Å². The molecule has 0 spiro atoms. The summed E-state index contributed by atoms with van der Waals surface area (Å²) in [6.45, 7) is 2.40. The Balaban J connectivity index is 1.28. The van der Waals surface area contributed by atoms with E-state index in [1.54, 1.807) is 37.8 Å². The summed E-state index contributed by atoms with van der Waals surface area (Å²) in [5.74, 6) is 1.66. The molecule has 0 radical (unpaired) electrons. The SMILES string of the molecule is COc1ccc(CN(CCSC(c2ccccc2)(c2ccccc2)c2ccccc2)C(=O)C(C)NC(=O)Nc2cccc3ccccc23)c(OC)c1. The molecule has 8 heteroatoms. The van der Waals surface area contributed by atoms with Crippen molar-refractivity contribution in [2.75, 3.05) is 31.8 Å². The molecule has 1 unspecified atom stereocenters. The summed E-state index contributed by atoms with van der Waals surface area (Å²) < 4.78 is 10.6. The Hall–Kier alpha value is -5.73. The summed E-state index contributed by atoms with van der Waals surface area (Å²) in [6, 6.07) is 49.4. The first kappa shape index (κ1) is 36.1. The predicted octanol–water partition coefficient (Wildman–Crippen LogP) is 9.12. The maximum absolute atomic E-state index is 14.3. The lowest BCUT2D eigenvalue weighted by molar-refractivity contribution is -0.133. The summed E-state index contributed by atoms with van der Waals surface area (Å²) in [5, 5.41) is 7.77. The van der Waals surface area contributed by atoms with Gasteiger partial charge >= 0.3 is 6.03 Å². The van der Waals surface area contributed by atoms with Crippen molar-refractivity contribution >= 4 is 40.2 Å². The van der Waals surface area contributed by atoms with Crippen molar-refractivity contribution in [3.05, 3.63) is 174 Å². The third-order valence-electron chi connectivity index (χ3n) is 9.14. The number of thioether (sulfide) groups is 1. The zero-order valence-corrected chi connectivity index (χ0v) is 30.4. The monoisotopic (exact) mass is 709 g/mol. The number of methoxy groups -OCH3 is 2. The number of hydrogen-bond acceptors (Lipinski definition) is 5. The lowest BCUT2D eigenvalue weighted by Gasteiger charge is -2.36. The molecule has 0 aliphatic heterocycles. The molecule has 1 atom stereocenters. The highest BCUT2D eigenvalue weighted by Crippen LogP contribution is 2.48. The number of carbonyl (C=O) groups is 2. The van der Waals surface area contributed by atoms with Gasteiger partial charge < -0.3 is 25.0 Å². The highest BCUT2D eigenvalue weighted by Gasteiger charge is 2.37. The molecule has 0 bridgehead atoms. The Kier molecular flexibility index (Phi) is 11.8. The molecule has 52 heavy (non-hydrogen) atoms. The molecule has 3 amide bonds. The molecule has 0 fully saturated rings. The second kappa shape index (κ2) is 17.0. The zero-order chi connectivity index (χ0) is 36.3. The van der Waals surface area contributed by atoms with Crippen molar-refractivity contribution in [3.63, 3.8) is 0 Å². The smallest absolute Gasteiger partial charge is 0.319 e. The normalized spacial score (nSPS) is 11.8. The number of ether oxygens (including phenoxy) is 2. The minimum atomic E-state index is -0.814. The minimum absolute atomic E-state index is 0.212. The van der Waals surface area contributed by atoms with Gasteiger partial charge in [-0.2, -0.15) is 0 Å². The van der Waals surface area contributed by atoms with Crippen molar-refractivity contribution in [3.8, 4) is 11.5 Å². The summed E-state index contributed by atoms with van der Waals surface area (Å²) in [5.41, 5.74) is 4.94. The van der Waals surface area contributed by atoms with Crippen LogP contribution in [0.1, 0.15) is 29.2 Å². The molecule has 0 heterocycles. The van der Waals surface area contributed by atoms with E-state index in [9.17, 15) is 9.59 Å². The van der Waals surface area contributed by atoms with E-state index in [-0.39, 0.29) is 12.5 Å². The number of benzene rings is 6. The number of hydrogen-bond donors (Lipinski definition) is 2. The van der Waals surface area contributed by atoms with Crippen LogP contribution in [-0.2, 0) is 16.1 Å². The first-order valence-electron chi connectivity index (χ1n) is 17.3. The number of amides is 3. The molecule has 0 saturated carbocycles. The fraction of sp³-hybridized carbons (Fsp3) is 0.182. The van der Waals surface area contributed by atoms with Gasteiger partial charge in [-0.1, -0.05) is 127 Å². The van der Waals surface area contributed by atoms with Gasteiger partial charge in [-0.05, 0) is 47.2 Å². The summed E-state index contributed by atoms with van der Waals surface area (Å²) in [6.07, 6.45) is 0. The average Bonchev–Trinajstić information content (AvgIpc) is 3.20. The van der Waals surface area contributed by atoms with Crippen LogP contribution in [0.3, 0.4) is 0 Å². The van der Waals surface area contributed by atoms with Gasteiger partial charge in [-0.15, -0.1) is 11.8 Å². The van der Waals surface area contributed by atoms with Gasteiger partial charge in [-0.3, -0.25) is 4.79 Å². The summed E-state index contributed by atoms with van der Waals surface area (Å²) >= 11 is 1.78. The van der Waals surface area contributed by atoms with E-state index in [2.05, 4.69) is 83.4 Å². The second-order valence-electron chi connectivity index (χ2n) is 12.4. The molecule has 6 aromatic rings. The molecule has 0 saturated heterocycles. The van der Waals surface area contributed by atoms with Crippen LogP contribution in [0.15, 0.2) is 152 Å². The molecule has 0 aliphatic carbocycles. The van der Waals surface area contributed by atoms with E-state index >= 15 is 0 Å². The third-order valence-corrected chi connectivity index (χ3v) is 10.7. The Morgan fingerprint density at radius 2 is 1.29 bits per heavy atom. The van der Waals surface area contributed by atoms with Gasteiger partial charge in [0.25, 0.3) is 0 Å². The number of urea groups is 1. The lowest BCUT2D eigenvalue weighted by Crippen LogP contribution is -2.48. The van der Waals surface area contributed by atoms with Gasteiger partial charge in [0.05, 0.1) is 24.7 Å². The number of nitrogens with zero attached hydrogens (tertiary/aromatic N) is 1. The number of nitrogens with one attached hydrogen (secondary N) is 2. The van der Waals surface area contributed by atoms with Crippen LogP contribution in [0.5, 0.6) is 11.5 Å². The van der Waals surface area contributed by atoms with E-state index in [0.717, 1.165) is 33.0 Å². The van der Waals surface area contributed by atoms with Crippen molar-refractivity contribution in [2.24, 2.45) is 0 Å². The first-order valence-corrected chi connectivity index (χ1v) is 18.3. The lowest BCUT2D eigenvalue weighted by atomic mass is 9.84. The van der Waals surface area contributed by atoms with Crippen LogP contribution >= 0.6 is 11.8 Å². The number of fused-ring (bicyclic) bond motifs is 1. The summed E-state index contributed by atoms with van der Waals surface area (Å²) in [4.78, 5) is 29.5. The first-order chi connectivity index (χ1) is 25.4. The van der Waals surface area contributed by atoms with Gasteiger partial charge in [0.2, 0.25) is 5.91 Å². The highest BCUT2D eigenvalue weighted by atomic mass is 32.2. The van der Waals surface area contributed by atoms with Crippen LogP contribution in [0.25, 0.3) is 10.8 Å². The topological polar surface area (TPSA) is 79.9 Å². The van der Waals surface area contributed by atoms with Crippen molar-refractivity contribution in [1.29, 1.82) is 0 Å². The average molecular weight is 710 g/mol. The van der Waals surface area contributed by atoms with Crippen molar-refractivity contribution in [1.82, 2.24) is 10.2 Å². The predicted molar refractivity (Wildman–Crippen MR) is 212 cm³/mol. The molecular formula is C44H43N3O4S. The molecule has 6 rings (SSSR count). The molecule has 264 valence electrons. The Bertz CT molecular complexity index is 1990. The Labute approximate surface area is 310 Å². The van der Waals surface area contributed by atoms with Crippen molar-refractivity contribution < 1.29 is 19.1 Å². The number of rotatable bonds is 14. The number of anilines is 1. The maximum Gasteiger partial charge on any atom is 0.319 e. The van der Waals surface area contributed by atoms with E-state index in [1.807, 2.05) is 78.9 Å². The minimum Gasteiger partial charge on any atom is -0.497 e. The molecule has 0 aliphatic rings. The van der Waals surface area contributed by atoms with Crippen molar-refractivity contribution in [2.45, 2.75) is 24.3 Å². The quantitative estimate of drug-likeness (QED) is 0.110. The van der Waals surface area contributed by atoms with Crippen LogP contribution in [0, 0.1) is 0 Å². The Morgan fingerprint density at radius 3 is 1.88 bits per heavy atom. The van der Waals surface area contributed by atoms with E-state index in [1.165, 1.54) is 0 Å². The standard InChI is InChI=1S/C44H43N3O4S/c1-32(45-43(49)46-40-25-15-17-33-16-13-14-24-39(33)40)42(48)47(31-34-26-27-38(50-2)30-41(34)51-3)28-29-52-44(35-18-7-4-8-19-35,36-20-9-5-10-21-36)37-22-11-6-12-23-37/h4-27,30,32H,28-29,31H2,1-3H3,(H2,45,46,49). The van der Waals surface area contributed by atoms with Crippen LogP contribution in [0.4, 0.5) is 10.5 Å². The van der Waals surface area contributed by atoms with Gasteiger partial charge in [0.15, 0.2) is 0 Å². The molecule has 2 N–H and O–H groups in total. The van der Waals surface area contributed by atoms with Gasteiger partial charge in [0.1, 0.15) is 17.5 Å². The molecule has 6 aromatic carbocycles. The fourth-order valence-electron chi connectivity index (χ4n) is 6.56. The van der Waals surface area contributed by atoms with Gasteiger partial charge in [-0.25, -0.2) is 4.79 Å². The fourth-order valence-corrected chi connectivity index (χ4v) is 8.08. The molecule has 0 aromatic heterocycles. The highest BCUT2D eigenvalue weighted by molar-refractivity contribution is 8.00. The second-order valence-corrected chi connectivity index (χ2v) is 13.7. The Morgan fingerprint density at radius 1 is 0.712 bits per heavy atom. The maximum atomic E-state index is 14.3. The van der Waals surface area contributed by atoms with Crippen LogP contribution < -0.4 is 20.1 Å². The van der Waals surface area contributed by atoms with E-state index in [0.29, 0.717) is 29.5 Å². The van der Waals surface area contributed by atoms with Crippen LogP contribution in [-0.4, -0.2) is 49.4 Å². The third kappa shape index (κ3) is 8.08.